The number of benzene rings is 1. The zero-order valence-corrected chi connectivity index (χ0v) is 10.6. The second-order valence-corrected chi connectivity index (χ2v) is 4.78. The van der Waals surface area contributed by atoms with Gasteiger partial charge in [0.15, 0.2) is 0 Å². The third-order valence-corrected chi connectivity index (χ3v) is 3.30. The van der Waals surface area contributed by atoms with Gasteiger partial charge in [-0.1, -0.05) is 51.7 Å². The smallest absolute Gasteiger partial charge is 0.115 e. The molecule has 0 saturated heterocycles. The average molecular weight is 220 g/mol. The molecular formula is C15H24O. The van der Waals surface area contributed by atoms with Gasteiger partial charge in [0.05, 0.1) is 0 Å². The van der Waals surface area contributed by atoms with Gasteiger partial charge in [-0.15, -0.1) is 0 Å². The Morgan fingerprint density at radius 2 is 1.75 bits per heavy atom. The summed E-state index contributed by atoms with van der Waals surface area (Å²) in [5.41, 5.74) is 1.33. The lowest BCUT2D eigenvalue weighted by atomic mass is 9.99. The molecule has 1 unspecified atom stereocenters. The Balaban J connectivity index is 2.09. The molecule has 1 atom stereocenters. The maximum Gasteiger partial charge on any atom is 0.115 e. The first-order chi connectivity index (χ1) is 7.72. The van der Waals surface area contributed by atoms with Gasteiger partial charge >= 0.3 is 0 Å². The maximum atomic E-state index is 9.15. The molecule has 0 spiro atoms. The molecule has 0 aromatic heterocycles. The zero-order chi connectivity index (χ0) is 11.8. The molecule has 0 bridgehead atoms. The molecule has 1 N–H and O–H groups in total. The van der Waals surface area contributed by atoms with Crippen LogP contribution in [-0.2, 0) is 6.42 Å². The second kappa shape index (κ2) is 7.32. The normalized spacial score (nSPS) is 12.6. The van der Waals surface area contributed by atoms with Crippen LogP contribution in [0.4, 0.5) is 0 Å². The minimum atomic E-state index is 0.362. The minimum absolute atomic E-state index is 0.362. The van der Waals surface area contributed by atoms with Gasteiger partial charge in [0, 0.05) is 0 Å². The van der Waals surface area contributed by atoms with E-state index in [-0.39, 0.29) is 0 Å². The van der Waals surface area contributed by atoms with Crippen molar-refractivity contribution in [3.8, 4) is 5.75 Å². The molecule has 1 aromatic carbocycles. The van der Waals surface area contributed by atoms with Crippen molar-refractivity contribution in [1.82, 2.24) is 0 Å². The van der Waals surface area contributed by atoms with E-state index in [1.807, 2.05) is 12.1 Å². The van der Waals surface area contributed by atoms with Crippen molar-refractivity contribution in [1.29, 1.82) is 0 Å². The minimum Gasteiger partial charge on any atom is -0.508 e. The number of hydrogen-bond acceptors (Lipinski definition) is 1. The van der Waals surface area contributed by atoms with Crippen LogP contribution in [0.3, 0.4) is 0 Å². The molecule has 1 heteroatoms. The molecule has 0 aliphatic carbocycles. The Labute approximate surface area is 99.5 Å². The van der Waals surface area contributed by atoms with Crippen molar-refractivity contribution >= 4 is 0 Å². The van der Waals surface area contributed by atoms with Crippen LogP contribution in [0.2, 0.25) is 0 Å². The van der Waals surface area contributed by atoms with E-state index in [1.54, 1.807) is 12.1 Å². The number of aryl methyl sites for hydroxylation is 1. The third-order valence-electron chi connectivity index (χ3n) is 3.30. The summed E-state index contributed by atoms with van der Waals surface area (Å²) >= 11 is 0. The first kappa shape index (κ1) is 13.1. The van der Waals surface area contributed by atoms with E-state index in [4.69, 9.17) is 5.11 Å². The summed E-state index contributed by atoms with van der Waals surface area (Å²) < 4.78 is 0. The molecular weight excluding hydrogens is 196 g/mol. The molecule has 0 aliphatic heterocycles. The van der Waals surface area contributed by atoms with Crippen LogP contribution in [0.5, 0.6) is 5.75 Å². The summed E-state index contributed by atoms with van der Waals surface area (Å²) in [5, 5.41) is 9.15. The number of aromatic hydroxyl groups is 1. The average Bonchev–Trinajstić information content (AvgIpc) is 2.31. The van der Waals surface area contributed by atoms with Crippen LogP contribution < -0.4 is 0 Å². The molecule has 1 aromatic rings. The zero-order valence-electron chi connectivity index (χ0n) is 10.6. The fourth-order valence-electron chi connectivity index (χ4n) is 1.87. The van der Waals surface area contributed by atoms with Gasteiger partial charge in [-0.05, 0) is 36.5 Å². The molecule has 1 rings (SSSR count). The SMILES string of the molecule is CCC(C)CCCCCc1ccc(O)cc1. The second-order valence-electron chi connectivity index (χ2n) is 4.78. The van der Waals surface area contributed by atoms with Crippen LogP contribution in [-0.4, -0.2) is 5.11 Å². The van der Waals surface area contributed by atoms with E-state index in [9.17, 15) is 0 Å². The van der Waals surface area contributed by atoms with Gasteiger partial charge in [-0.25, -0.2) is 0 Å². The Kier molecular flexibility index (Phi) is 5.99. The molecule has 0 saturated carbocycles. The summed E-state index contributed by atoms with van der Waals surface area (Å²) in [6.07, 6.45) is 7.75. The number of hydrogen-bond donors (Lipinski definition) is 1. The highest BCUT2D eigenvalue weighted by Gasteiger charge is 1.98. The van der Waals surface area contributed by atoms with Crippen LogP contribution in [0.15, 0.2) is 24.3 Å². The largest absolute Gasteiger partial charge is 0.508 e. The van der Waals surface area contributed by atoms with Gasteiger partial charge in [0.1, 0.15) is 5.75 Å². The lowest BCUT2D eigenvalue weighted by Gasteiger charge is -2.07. The molecule has 0 fully saturated rings. The number of rotatable bonds is 7. The topological polar surface area (TPSA) is 20.2 Å². The molecule has 0 aliphatic rings. The van der Waals surface area contributed by atoms with Crippen LogP contribution in [0.1, 0.15) is 51.5 Å². The molecule has 0 radical (unpaired) electrons. The summed E-state index contributed by atoms with van der Waals surface area (Å²) in [7, 11) is 0. The summed E-state index contributed by atoms with van der Waals surface area (Å²) in [4.78, 5) is 0. The van der Waals surface area contributed by atoms with Gasteiger partial charge in [0.2, 0.25) is 0 Å². The van der Waals surface area contributed by atoms with Crippen molar-refractivity contribution in [3.63, 3.8) is 0 Å². The fourth-order valence-corrected chi connectivity index (χ4v) is 1.87. The van der Waals surface area contributed by atoms with Crippen molar-refractivity contribution in [2.75, 3.05) is 0 Å². The van der Waals surface area contributed by atoms with Crippen LogP contribution in [0.25, 0.3) is 0 Å². The third kappa shape index (κ3) is 5.20. The summed E-state index contributed by atoms with van der Waals surface area (Å²) in [6, 6.07) is 7.58. The summed E-state index contributed by atoms with van der Waals surface area (Å²) in [5.74, 6) is 1.24. The van der Waals surface area contributed by atoms with E-state index < -0.39 is 0 Å². The van der Waals surface area contributed by atoms with Crippen LogP contribution in [0, 0.1) is 5.92 Å². The Morgan fingerprint density at radius 3 is 2.38 bits per heavy atom. The molecule has 1 nitrogen and oxygen atoms in total. The van der Waals surface area contributed by atoms with Crippen LogP contribution >= 0.6 is 0 Å². The van der Waals surface area contributed by atoms with Crippen molar-refractivity contribution in [2.45, 2.75) is 52.4 Å². The fraction of sp³-hybridized carbons (Fsp3) is 0.600. The molecule has 0 heterocycles. The highest BCUT2D eigenvalue weighted by atomic mass is 16.3. The molecule has 0 amide bonds. The first-order valence-electron chi connectivity index (χ1n) is 6.50. The number of unbranched alkanes of at least 4 members (excludes halogenated alkanes) is 2. The quantitative estimate of drug-likeness (QED) is 0.669. The van der Waals surface area contributed by atoms with E-state index in [2.05, 4.69) is 13.8 Å². The van der Waals surface area contributed by atoms with Gasteiger partial charge in [-0.3, -0.25) is 0 Å². The van der Waals surface area contributed by atoms with E-state index >= 15 is 0 Å². The lowest BCUT2D eigenvalue weighted by molar-refractivity contribution is 0.474. The Hall–Kier alpha value is -0.980. The summed E-state index contributed by atoms with van der Waals surface area (Å²) in [6.45, 7) is 4.60. The molecule has 90 valence electrons. The van der Waals surface area contributed by atoms with E-state index in [0.717, 1.165) is 12.3 Å². The van der Waals surface area contributed by atoms with Gasteiger partial charge in [0.25, 0.3) is 0 Å². The maximum absolute atomic E-state index is 9.15. The molecule has 16 heavy (non-hydrogen) atoms. The number of phenols is 1. The van der Waals surface area contributed by atoms with Crippen molar-refractivity contribution in [3.05, 3.63) is 29.8 Å². The lowest BCUT2D eigenvalue weighted by Crippen LogP contribution is -1.92. The Bertz CT molecular complexity index is 276. The first-order valence-corrected chi connectivity index (χ1v) is 6.50. The van der Waals surface area contributed by atoms with Gasteiger partial charge < -0.3 is 5.11 Å². The number of phenolic OH excluding ortho intramolecular Hbond substituents is 1. The predicted octanol–water partition coefficient (Wildman–Crippen LogP) is 4.54. The van der Waals surface area contributed by atoms with Crippen molar-refractivity contribution in [2.24, 2.45) is 5.92 Å². The standard InChI is InChI=1S/C15H24O/c1-3-13(2)7-5-4-6-8-14-9-11-15(16)12-10-14/h9-13,16H,3-8H2,1-2H3. The predicted molar refractivity (Wildman–Crippen MR) is 69.7 cm³/mol. The van der Waals surface area contributed by atoms with Crippen molar-refractivity contribution < 1.29 is 5.11 Å². The Morgan fingerprint density at radius 1 is 1.06 bits per heavy atom. The highest BCUT2D eigenvalue weighted by Crippen LogP contribution is 2.15. The van der Waals surface area contributed by atoms with E-state index in [1.165, 1.54) is 37.7 Å². The van der Waals surface area contributed by atoms with E-state index in [0.29, 0.717) is 5.75 Å². The monoisotopic (exact) mass is 220 g/mol. The highest BCUT2D eigenvalue weighted by molar-refractivity contribution is 5.25. The van der Waals surface area contributed by atoms with Gasteiger partial charge in [-0.2, -0.15) is 0 Å².